The summed E-state index contributed by atoms with van der Waals surface area (Å²) in [5, 5.41) is 20.1. The molecule has 8 heteroatoms. The van der Waals surface area contributed by atoms with E-state index in [-0.39, 0.29) is 5.71 Å². The summed E-state index contributed by atoms with van der Waals surface area (Å²) in [6.07, 6.45) is 0. The van der Waals surface area contributed by atoms with Crippen LogP contribution in [0.3, 0.4) is 0 Å². The Morgan fingerprint density at radius 3 is 2.67 bits per heavy atom. The van der Waals surface area contributed by atoms with Crippen molar-refractivity contribution < 1.29 is 4.74 Å². The van der Waals surface area contributed by atoms with Gasteiger partial charge in [-0.15, -0.1) is 0 Å². The van der Waals surface area contributed by atoms with Crippen molar-refractivity contribution in [1.29, 1.82) is 10.7 Å². The van der Waals surface area contributed by atoms with Gasteiger partial charge in [-0.2, -0.15) is 10.4 Å². The van der Waals surface area contributed by atoms with Crippen molar-refractivity contribution >= 4 is 40.4 Å². The van der Waals surface area contributed by atoms with Crippen LogP contribution in [0, 0.1) is 16.7 Å². The number of hydrogen-bond donors (Lipinski definition) is 3. The number of ether oxygens (including phenoxy) is 1. The van der Waals surface area contributed by atoms with E-state index in [0.717, 1.165) is 0 Å². The normalized spacial score (nSPS) is 10.7. The smallest absolute Gasteiger partial charge is 0.201 e. The van der Waals surface area contributed by atoms with E-state index < -0.39 is 5.84 Å². The summed E-state index contributed by atoms with van der Waals surface area (Å²) in [4.78, 5) is 0. The molecule has 0 aliphatic rings. The quantitative estimate of drug-likeness (QED) is 0.448. The molecule has 0 aliphatic heterocycles. The van der Waals surface area contributed by atoms with Gasteiger partial charge in [0.1, 0.15) is 11.8 Å². The second-order valence-corrected chi connectivity index (χ2v) is 3.88. The van der Waals surface area contributed by atoms with Crippen LogP contribution in [-0.2, 0) is 0 Å². The number of nitrogens with two attached hydrogens (primary N) is 1. The first-order chi connectivity index (χ1) is 8.49. The summed E-state index contributed by atoms with van der Waals surface area (Å²) < 4.78 is 5.01. The van der Waals surface area contributed by atoms with E-state index in [9.17, 15) is 0 Å². The summed E-state index contributed by atoms with van der Waals surface area (Å²) in [5.74, 6) is -0.0397. The molecule has 1 aromatic rings. The molecule has 0 radical (unpaired) electrons. The predicted molar refractivity (Wildman–Crippen MR) is 71.6 cm³/mol. The van der Waals surface area contributed by atoms with Crippen molar-refractivity contribution in [1.82, 2.24) is 0 Å². The lowest BCUT2D eigenvalue weighted by Crippen LogP contribution is -2.21. The minimum Gasteiger partial charge on any atom is -0.495 e. The average Bonchev–Trinajstić information content (AvgIpc) is 2.31. The number of nitrogens with zero attached hydrogens (tertiary/aromatic N) is 2. The molecule has 4 N–H and O–H groups in total. The average molecular weight is 286 g/mol. The molecule has 0 heterocycles. The Labute approximate surface area is 113 Å². The zero-order chi connectivity index (χ0) is 13.7. The van der Waals surface area contributed by atoms with Gasteiger partial charge in [-0.3, -0.25) is 10.8 Å². The number of hydrazone groups is 1. The molecule has 0 saturated carbocycles. The van der Waals surface area contributed by atoms with Crippen LogP contribution in [0.5, 0.6) is 5.75 Å². The monoisotopic (exact) mass is 285 g/mol. The molecular formula is C10H9Cl2N5O. The number of hydrogen-bond acceptors (Lipinski definition) is 5. The van der Waals surface area contributed by atoms with Gasteiger partial charge in [-0.25, -0.2) is 0 Å². The Morgan fingerprint density at radius 2 is 2.17 bits per heavy atom. The van der Waals surface area contributed by atoms with Crippen LogP contribution in [0.25, 0.3) is 0 Å². The van der Waals surface area contributed by atoms with Crippen LogP contribution in [0.1, 0.15) is 0 Å². The third-order valence-corrected chi connectivity index (χ3v) is 2.50. The maximum absolute atomic E-state index is 8.67. The van der Waals surface area contributed by atoms with Crippen molar-refractivity contribution in [3.63, 3.8) is 0 Å². The molecule has 0 fully saturated rings. The minimum atomic E-state index is -0.443. The Kier molecular flexibility index (Phi) is 4.77. The van der Waals surface area contributed by atoms with Crippen molar-refractivity contribution in [2.45, 2.75) is 0 Å². The minimum absolute atomic E-state index is 0.250. The van der Waals surface area contributed by atoms with Gasteiger partial charge in [0.2, 0.25) is 5.71 Å². The molecule has 0 atom stereocenters. The Balaban J connectivity index is 3.06. The third kappa shape index (κ3) is 3.26. The Hall–Kier alpha value is -1.97. The lowest BCUT2D eigenvalue weighted by atomic mass is 10.3. The maximum atomic E-state index is 8.67. The maximum Gasteiger partial charge on any atom is 0.201 e. The summed E-state index contributed by atoms with van der Waals surface area (Å²) in [6.45, 7) is 0. The Morgan fingerprint density at radius 1 is 1.50 bits per heavy atom. The molecule has 18 heavy (non-hydrogen) atoms. The fourth-order valence-electron chi connectivity index (χ4n) is 1.03. The molecule has 0 aromatic heterocycles. The molecular weight excluding hydrogens is 277 g/mol. The topological polar surface area (TPSA) is 107 Å². The molecule has 0 spiro atoms. The fourth-order valence-corrected chi connectivity index (χ4v) is 1.54. The van der Waals surface area contributed by atoms with Gasteiger partial charge in [0, 0.05) is 6.07 Å². The SMILES string of the molecule is COc1cc(N/N=C(\C#N)C(=N)N)c(Cl)cc1Cl. The molecule has 0 saturated heterocycles. The van der Waals surface area contributed by atoms with Crippen LogP contribution in [0.2, 0.25) is 10.0 Å². The third-order valence-electron chi connectivity index (χ3n) is 1.89. The Bertz CT molecular complexity index is 550. The van der Waals surface area contributed by atoms with E-state index in [1.165, 1.54) is 19.2 Å². The van der Waals surface area contributed by atoms with E-state index in [2.05, 4.69) is 10.5 Å². The molecule has 0 amide bonds. The van der Waals surface area contributed by atoms with Gasteiger partial charge in [0.15, 0.2) is 5.84 Å². The molecule has 6 nitrogen and oxygen atoms in total. The van der Waals surface area contributed by atoms with Gasteiger partial charge in [0.05, 0.1) is 22.8 Å². The first-order valence-electron chi connectivity index (χ1n) is 4.60. The number of nitriles is 1. The number of rotatable bonds is 4. The lowest BCUT2D eigenvalue weighted by molar-refractivity contribution is 0.415. The first kappa shape index (κ1) is 14.1. The van der Waals surface area contributed by atoms with Crippen LogP contribution in [0.15, 0.2) is 17.2 Å². The van der Waals surface area contributed by atoms with E-state index in [1.807, 2.05) is 0 Å². The van der Waals surface area contributed by atoms with E-state index >= 15 is 0 Å². The van der Waals surface area contributed by atoms with Gasteiger partial charge in [-0.1, -0.05) is 23.2 Å². The second-order valence-electron chi connectivity index (χ2n) is 3.06. The van der Waals surface area contributed by atoms with Gasteiger partial charge in [0.25, 0.3) is 0 Å². The van der Waals surface area contributed by atoms with Crippen molar-refractivity contribution in [3.05, 3.63) is 22.2 Å². The molecule has 1 rings (SSSR count). The van der Waals surface area contributed by atoms with E-state index in [0.29, 0.717) is 21.5 Å². The number of nitrogens with one attached hydrogen (secondary N) is 2. The van der Waals surface area contributed by atoms with Gasteiger partial charge in [-0.05, 0) is 6.07 Å². The summed E-state index contributed by atoms with van der Waals surface area (Å²) in [5.41, 5.74) is 7.79. The van der Waals surface area contributed by atoms with Gasteiger partial charge >= 0.3 is 0 Å². The number of anilines is 1. The molecule has 0 aliphatic carbocycles. The highest BCUT2D eigenvalue weighted by Gasteiger charge is 2.08. The fraction of sp³-hybridized carbons (Fsp3) is 0.100. The number of halogens is 2. The molecule has 1 aromatic carbocycles. The van der Waals surface area contributed by atoms with Crippen LogP contribution >= 0.6 is 23.2 Å². The summed E-state index contributed by atoms with van der Waals surface area (Å²) >= 11 is 11.8. The molecule has 0 bridgehead atoms. The van der Waals surface area contributed by atoms with Crippen LogP contribution in [0.4, 0.5) is 5.69 Å². The molecule has 94 valence electrons. The van der Waals surface area contributed by atoms with Crippen LogP contribution in [-0.4, -0.2) is 18.7 Å². The van der Waals surface area contributed by atoms with Crippen molar-refractivity contribution in [3.8, 4) is 11.8 Å². The highest BCUT2D eigenvalue weighted by atomic mass is 35.5. The summed E-state index contributed by atoms with van der Waals surface area (Å²) in [7, 11) is 1.46. The predicted octanol–water partition coefficient (Wildman–Crippen LogP) is 2.23. The first-order valence-corrected chi connectivity index (χ1v) is 5.36. The van der Waals surface area contributed by atoms with Crippen LogP contribution < -0.4 is 15.9 Å². The number of methoxy groups -OCH3 is 1. The second kappa shape index (κ2) is 6.10. The number of benzene rings is 1. The van der Waals surface area contributed by atoms with E-state index in [4.69, 9.17) is 44.3 Å². The highest BCUT2D eigenvalue weighted by Crippen LogP contribution is 2.33. The number of amidine groups is 1. The zero-order valence-corrected chi connectivity index (χ0v) is 10.8. The highest BCUT2D eigenvalue weighted by molar-refractivity contribution is 6.46. The van der Waals surface area contributed by atoms with Gasteiger partial charge < -0.3 is 10.5 Å². The molecule has 0 unspecified atom stereocenters. The standard InChI is InChI=1S/C10H9Cl2N5O/c1-18-9-3-7(5(11)2-6(9)12)16-17-8(4-13)10(14)15/h2-3,16H,1H3,(H3,14,15)/b17-8+. The summed E-state index contributed by atoms with van der Waals surface area (Å²) in [6, 6.07) is 4.66. The van der Waals surface area contributed by atoms with E-state index in [1.54, 1.807) is 6.07 Å². The zero-order valence-electron chi connectivity index (χ0n) is 9.29. The lowest BCUT2D eigenvalue weighted by Gasteiger charge is -2.08. The largest absolute Gasteiger partial charge is 0.495 e. The van der Waals surface area contributed by atoms with Crippen molar-refractivity contribution in [2.24, 2.45) is 10.8 Å². The van der Waals surface area contributed by atoms with Crippen molar-refractivity contribution in [2.75, 3.05) is 12.5 Å².